The highest BCUT2D eigenvalue weighted by Gasteiger charge is 2.07. The van der Waals surface area contributed by atoms with Crippen LogP contribution in [0.15, 0.2) is 34.5 Å². The van der Waals surface area contributed by atoms with Gasteiger partial charge in [-0.15, -0.1) is 10.2 Å². The van der Waals surface area contributed by atoms with Crippen molar-refractivity contribution < 1.29 is 0 Å². The van der Waals surface area contributed by atoms with Crippen LogP contribution >= 0.6 is 42.8 Å². The molecular weight excluding hydrogens is 459 g/mol. The number of aryl methyl sites for hydroxylation is 4. The van der Waals surface area contributed by atoms with Crippen molar-refractivity contribution in [1.29, 1.82) is 0 Å². The van der Waals surface area contributed by atoms with Crippen molar-refractivity contribution in [2.45, 2.75) is 27.7 Å². The fourth-order valence-electron chi connectivity index (χ4n) is 2.61. The van der Waals surface area contributed by atoms with Gasteiger partial charge in [-0.3, -0.25) is 0 Å². The largest absolute Gasteiger partial charge is 0.150 e. The standard InChI is InChI=1S/C20H17IN2S2/c1-13-9-17(5-7-24)10-14(2)19(13)22-23-20-15(3)11-18(6-8-25-21)12-16(20)4/h9-12,24H,1-4H3. The molecule has 0 radical (unpaired) electrons. The Balaban J connectivity index is 2.41. The van der Waals surface area contributed by atoms with E-state index in [1.807, 2.05) is 52.0 Å². The van der Waals surface area contributed by atoms with Gasteiger partial charge in [-0.05, 0) is 93.7 Å². The highest BCUT2D eigenvalue weighted by atomic mass is 127. The summed E-state index contributed by atoms with van der Waals surface area (Å²) < 4.78 is 0. The molecule has 2 rings (SSSR count). The summed E-state index contributed by atoms with van der Waals surface area (Å²) in [5, 5.41) is 14.7. The minimum absolute atomic E-state index is 0.883. The lowest BCUT2D eigenvalue weighted by Crippen LogP contribution is -1.86. The predicted octanol–water partition coefficient (Wildman–Crippen LogP) is 6.97. The summed E-state index contributed by atoms with van der Waals surface area (Å²) >= 11 is 6.12. The molecule has 0 aliphatic heterocycles. The number of hydrogen-bond acceptors (Lipinski definition) is 4. The first-order chi connectivity index (χ1) is 12.0. The molecule has 0 bridgehead atoms. The number of halogens is 1. The van der Waals surface area contributed by atoms with E-state index < -0.39 is 0 Å². The van der Waals surface area contributed by atoms with Gasteiger partial charge in [-0.1, -0.05) is 24.5 Å². The Morgan fingerprint density at radius 2 is 1.20 bits per heavy atom. The van der Waals surface area contributed by atoms with E-state index in [1.165, 1.54) is 8.93 Å². The molecule has 0 aliphatic rings. The van der Waals surface area contributed by atoms with Crippen LogP contribution in [-0.4, -0.2) is 0 Å². The summed E-state index contributed by atoms with van der Waals surface area (Å²) in [4.78, 5) is 0. The van der Waals surface area contributed by atoms with Crippen LogP contribution in [0, 0.1) is 50.0 Å². The molecule has 2 aromatic rings. The van der Waals surface area contributed by atoms with Gasteiger partial charge in [-0.2, -0.15) is 0 Å². The third-order valence-electron chi connectivity index (χ3n) is 3.67. The van der Waals surface area contributed by atoms with Gasteiger partial charge in [-0.25, -0.2) is 0 Å². The van der Waals surface area contributed by atoms with Crippen LogP contribution in [0.3, 0.4) is 0 Å². The highest BCUT2D eigenvalue weighted by Crippen LogP contribution is 2.30. The molecule has 0 saturated heterocycles. The maximum atomic E-state index is 4.51. The minimum atomic E-state index is 0.883. The molecule has 0 spiro atoms. The van der Waals surface area contributed by atoms with Crippen LogP contribution in [0.4, 0.5) is 11.4 Å². The minimum Gasteiger partial charge on any atom is -0.150 e. The summed E-state index contributed by atoms with van der Waals surface area (Å²) in [6.45, 7) is 8.11. The summed E-state index contributed by atoms with van der Waals surface area (Å²) in [5.41, 5.74) is 7.95. The van der Waals surface area contributed by atoms with Crippen molar-refractivity contribution in [2.75, 3.05) is 0 Å². The molecule has 126 valence electrons. The van der Waals surface area contributed by atoms with Crippen molar-refractivity contribution >= 4 is 54.1 Å². The molecule has 25 heavy (non-hydrogen) atoms. The lowest BCUT2D eigenvalue weighted by atomic mass is 10.0. The van der Waals surface area contributed by atoms with E-state index in [1.54, 1.807) is 0 Å². The molecule has 2 nitrogen and oxygen atoms in total. The summed E-state index contributed by atoms with van der Waals surface area (Å²) in [6, 6.07) is 8.11. The van der Waals surface area contributed by atoms with Gasteiger partial charge in [0.05, 0.1) is 11.4 Å². The Bertz CT molecular complexity index is 911. The van der Waals surface area contributed by atoms with E-state index in [2.05, 4.69) is 66.4 Å². The average Bonchev–Trinajstić information content (AvgIpc) is 2.54. The van der Waals surface area contributed by atoms with Crippen molar-refractivity contribution in [3.63, 3.8) is 0 Å². The van der Waals surface area contributed by atoms with Crippen molar-refractivity contribution in [3.05, 3.63) is 57.6 Å². The quantitative estimate of drug-likeness (QED) is 0.215. The van der Waals surface area contributed by atoms with Crippen molar-refractivity contribution in [3.8, 4) is 22.3 Å². The average molecular weight is 476 g/mol. The maximum Gasteiger partial charge on any atom is 0.0916 e. The van der Waals surface area contributed by atoms with E-state index in [0.29, 0.717) is 0 Å². The lowest BCUT2D eigenvalue weighted by Gasteiger charge is -2.07. The summed E-state index contributed by atoms with van der Waals surface area (Å²) in [6.07, 6.45) is 0. The zero-order valence-corrected chi connectivity index (χ0v) is 18.3. The molecule has 0 aliphatic carbocycles. The first kappa shape index (κ1) is 19.9. The molecule has 0 fully saturated rings. The molecule has 0 amide bonds. The molecule has 0 saturated carbocycles. The Kier molecular flexibility index (Phi) is 7.43. The second-order valence-corrected chi connectivity index (χ2v) is 7.56. The van der Waals surface area contributed by atoms with Gasteiger partial charge in [0.15, 0.2) is 0 Å². The molecule has 2 aromatic carbocycles. The maximum absolute atomic E-state index is 4.51. The summed E-state index contributed by atoms with van der Waals surface area (Å²) in [5.74, 6) is 6.09. The van der Waals surface area contributed by atoms with E-state index >= 15 is 0 Å². The molecule has 0 aromatic heterocycles. The molecule has 5 heteroatoms. The van der Waals surface area contributed by atoms with Gasteiger partial charge in [0.1, 0.15) is 0 Å². The van der Waals surface area contributed by atoms with E-state index in [9.17, 15) is 0 Å². The molecular formula is C20H17IN2S2. The zero-order chi connectivity index (χ0) is 18.4. The number of azo groups is 1. The summed E-state index contributed by atoms with van der Waals surface area (Å²) in [7, 11) is 1.48. The van der Waals surface area contributed by atoms with E-state index in [-0.39, 0.29) is 0 Å². The SMILES string of the molecule is Cc1cc(C#CS)cc(C)c1N=Nc1c(C)cc(C#CSI)cc1C. The Hall–Kier alpha value is -1.41. The number of thiol groups is 1. The van der Waals surface area contributed by atoms with Gasteiger partial charge in [0.25, 0.3) is 0 Å². The van der Waals surface area contributed by atoms with Crippen LogP contribution in [0.1, 0.15) is 33.4 Å². The van der Waals surface area contributed by atoms with Crippen LogP contribution in [0.25, 0.3) is 0 Å². The van der Waals surface area contributed by atoms with Crippen LogP contribution in [-0.2, 0) is 0 Å². The molecule has 0 heterocycles. The number of hydrogen-bond donors (Lipinski definition) is 1. The second kappa shape index (κ2) is 9.33. The number of rotatable bonds is 2. The van der Waals surface area contributed by atoms with Gasteiger partial charge >= 0.3 is 0 Å². The van der Waals surface area contributed by atoms with Crippen LogP contribution < -0.4 is 0 Å². The molecule has 0 unspecified atom stereocenters. The third kappa shape index (κ3) is 5.28. The normalized spacial score (nSPS) is 10.2. The van der Waals surface area contributed by atoms with Gasteiger partial charge in [0, 0.05) is 32.3 Å². The van der Waals surface area contributed by atoms with E-state index in [4.69, 9.17) is 0 Å². The van der Waals surface area contributed by atoms with E-state index in [0.717, 1.165) is 44.8 Å². The fraction of sp³-hybridized carbons (Fsp3) is 0.200. The van der Waals surface area contributed by atoms with Gasteiger partial charge < -0.3 is 0 Å². The number of benzene rings is 2. The Morgan fingerprint density at radius 3 is 1.56 bits per heavy atom. The highest BCUT2D eigenvalue weighted by molar-refractivity contribution is 14.2. The fourth-order valence-corrected chi connectivity index (χ4v) is 3.23. The monoisotopic (exact) mass is 476 g/mol. The molecule has 0 N–H and O–H groups in total. The zero-order valence-electron chi connectivity index (χ0n) is 14.4. The Morgan fingerprint density at radius 1 is 0.800 bits per heavy atom. The predicted molar refractivity (Wildman–Crippen MR) is 120 cm³/mol. The second-order valence-electron chi connectivity index (χ2n) is 5.66. The smallest absolute Gasteiger partial charge is 0.0916 e. The topological polar surface area (TPSA) is 24.7 Å². The Labute approximate surface area is 171 Å². The molecule has 0 atom stereocenters. The van der Waals surface area contributed by atoms with Crippen LogP contribution in [0.5, 0.6) is 0 Å². The van der Waals surface area contributed by atoms with Gasteiger partial charge in [0.2, 0.25) is 0 Å². The lowest BCUT2D eigenvalue weighted by molar-refractivity contribution is 1.15. The third-order valence-corrected chi connectivity index (χ3v) is 4.62. The first-order valence-electron chi connectivity index (χ1n) is 7.54. The van der Waals surface area contributed by atoms with Crippen molar-refractivity contribution in [2.24, 2.45) is 10.2 Å². The van der Waals surface area contributed by atoms with Crippen LogP contribution in [0.2, 0.25) is 0 Å². The van der Waals surface area contributed by atoms with Crippen molar-refractivity contribution in [1.82, 2.24) is 0 Å². The number of nitrogens with zero attached hydrogens (tertiary/aromatic N) is 2. The first-order valence-corrected chi connectivity index (χ1v) is 11.3.